The summed E-state index contributed by atoms with van der Waals surface area (Å²) in [5.41, 5.74) is 3.10. The van der Waals surface area contributed by atoms with Gasteiger partial charge in [0.25, 0.3) is 0 Å². The number of fused-ring (bicyclic) bond motifs is 1. The molecule has 0 spiro atoms. The average Bonchev–Trinajstić information content (AvgIpc) is 2.77. The van der Waals surface area contributed by atoms with Crippen LogP contribution in [0.15, 0.2) is 78.0 Å². The molecule has 1 aliphatic heterocycles. The molecule has 158 valence electrons. The number of benzene rings is 3. The largest absolute Gasteiger partial charge is 0.489 e. The van der Waals surface area contributed by atoms with Crippen LogP contribution in [0.3, 0.4) is 0 Å². The van der Waals surface area contributed by atoms with E-state index in [0.29, 0.717) is 35.3 Å². The van der Waals surface area contributed by atoms with Gasteiger partial charge < -0.3 is 20.1 Å². The summed E-state index contributed by atoms with van der Waals surface area (Å²) in [7, 11) is 0. The number of nitrogens with one attached hydrogen (secondary N) is 2. The third-order valence-electron chi connectivity index (χ3n) is 5.22. The Balaban J connectivity index is 1.84. The lowest BCUT2D eigenvalue weighted by atomic mass is 9.90. The number of ether oxygens (including phenoxy) is 2. The number of rotatable bonds is 6. The number of thiocarbonyl (C=S) groups is 1. The second-order valence-corrected chi connectivity index (χ2v) is 7.67. The van der Waals surface area contributed by atoms with Crippen molar-refractivity contribution < 1.29 is 14.3 Å². The van der Waals surface area contributed by atoms with E-state index < -0.39 is 6.04 Å². The van der Waals surface area contributed by atoms with E-state index in [9.17, 15) is 4.79 Å². The van der Waals surface area contributed by atoms with E-state index in [1.165, 1.54) is 0 Å². The molecule has 0 fully saturated rings. The molecule has 31 heavy (non-hydrogen) atoms. The topological polar surface area (TPSA) is 59.6 Å². The van der Waals surface area contributed by atoms with Gasteiger partial charge in [-0.1, -0.05) is 60.7 Å². The first-order valence-electron chi connectivity index (χ1n) is 10.2. The molecule has 0 radical (unpaired) electrons. The van der Waals surface area contributed by atoms with Gasteiger partial charge >= 0.3 is 5.97 Å². The van der Waals surface area contributed by atoms with E-state index in [4.69, 9.17) is 21.7 Å². The number of allylic oxidation sites excluding steroid dienone is 1. The number of hydrogen-bond acceptors (Lipinski definition) is 4. The van der Waals surface area contributed by atoms with Gasteiger partial charge in [-0.15, -0.1) is 0 Å². The second-order valence-electron chi connectivity index (χ2n) is 7.26. The lowest BCUT2D eigenvalue weighted by Crippen LogP contribution is -2.45. The van der Waals surface area contributed by atoms with Crippen LogP contribution < -0.4 is 15.4 Å². The fraction of sp³-hybridized carbons (Fsp3) is 0.200. The van der Waals surface area contributed by atoms with E-state index in [1.807, 2.05) is 73.7 Å². The summed E-state index contributed by atoms with van der Waals surface area (Å²) >= 11 is 5.42. The third-order valence-corrected chi connectivity index (χ3v) is 5.44. The van der Waals surface area contributed by atoms with Gasteiger partial charge in [0.1, 0.15) is 12.4 Å². The molecule has 0 aliphatic carbocycles. The van der Waals surface area contributed by atoms with Gasteiger partial charge in [0.05, 0.1) is 18.2 Å². The normalized spacial score (nSPS) is 15.9. The summed E-state index contributed by atoms with van der Waals surface area (Å²) in [5, 5.41) is 8.82. The van der Waals surface area contributed by atoms with Gasteiger partial charge in [-0.2, -0.15) is 0 Å². The zero-order valence-corrected chi connectivity index (χ0v) is 18.3. The molecule has 0 aromatic heterocycles. The molecule has 5 nitrogen and oxygen atoms in total. The van der Waals surface area contributed by atoms with E-state index in [1.54, 1.807) is 6.92 Å². The standard InChI is InChI=1S/C25H24N2O3S/c1-3-29-24(28)21-16(2)26-25(31)27-23(21)22-19-12-8-7-11-18(19)13-14-20(22)30-15-17-9-5-4-6-10-17/h4-14,23H,3,15H2,1-2H3,(H2,26,27,31)/t23-/m0/s1. The van der Waals surface area contributed by atoms with Crippen LogP contribution in [-0.2, 0) is 16.1 Å². The zero-order chi connectivity index (χ0) is 21.8. The van der Waals surface area contributed by atoms with Crippen molar-refractivity contribution in [1.29, 1.82) is 0 Å². The fourth-order valence-corrected chi connectivity index (χ4v) is 4.10. The Kier molecular flexibility index (Phi) is 6.18. The molecule has 1 atom stereocenters. The summed E-state index contributed by atoms with van der Waals surface area (Å²) < 4.78 is 11.6. The van der Waals surface area contributed by atoms with Crippen molar-refractivity contribution in [2.24, 2.45) is 0 Å². The fourth-order valence-electron chi connectivity index (χ4n) is 3.82. The Labute approximate surface area is 187 Å². The van der Waals surface area contributed by atoms with Crippen molar-refractivity contribution in [2.75, 3.05) is 6.61 Å². The second kappa shape index (κ2) is 9.18. The summed E-state index contributed by atoms with van der Waals surface area (Å²) in [6.45, 7) is 4.34. The molecular formula is C25H24N2O3S. The lowest BCUT2D eigenvalue weighted by Gasteiger charge is -2.31. The lowest BCUT2D eigenvalue weighted by molar-refractivity contribution is -0.139. The highest BCUT2D eigenvalue weighted by Gasteiger charge is 2.34. The Morgan fingerprint density at radius 2 is 1.77 bits per heavy atom. The van der Waals surface area contributed by atoms with E-state index in [-0.39, 0.29) is 5.97 Å². The Morgan fingerprint density at radius 1 is 1.03 bits per heavy atom. The summed E-state index contributed by atoms with van der Waals surface area (Å²) in [5.74, 6) is 0.314. The summed E-state index contributed by atoms with van der Waals surface area (Å²) in [6.07, 6.45) is 0. The molecule has 4 rings (SSSR count). The summed E-state index contributed by atoms with van der Waals surface area (Å²) in [6, 6.07) is 21.5. The molecule has 0 unspecified atom stereocenters. The molecule has 3 aromatic rings. The first-order valence-corrected chi connectivity index (χ1v) is 10.6. The molecule has 0 amide bonds. The Bertz CT molecular complexity index is 1160. The van der Waals surface area contributed by atoms with Gasteiger partial charge in [-0.3, -0.25) is 0 Å². The molecule has 0 bridgehead atoms. The molecule has 1 heterocycles. The molecule has 0 saturated heterocycles. The highest BCUT2D eigenvalue weighted by atomic mass is 32.1. The monoisotopic (exact) mass is 432 g/mol. The molecular weight excluding hydrogens is 408 g/mol. The first-order chi connectivity index (χ1) is 15.1. The van der Waals surface area contributed by atoms with Crippen LogP contribution in [0.4, 0.5) is 0 Å². The third kappa shape index (κ3) is 4.39. The van der Waals surface area contributed by atoms with E-state index >= 15 is 0 Å². The van der Waals surface area contributed by atoms with Crippen LogP contribution in [-0.4, -0.2) is 17.7 Å². The molecule has 3 aromatic carbocycles. The van der Waals surface area contributed by atoms with Gasteiger partial charge in [-0.25, -0.2) is 4.79 Å². The van der Waals surface area contributed by atoms with Crippen molar-refractivity contribution in [2.45, 2.75) is 26.5 Å². The number of esters is 1. The maximum atomic E-state index is 12.9. The zero-order valence-electron chi connectivity index (χ0n) is 17.5. The SMILES string of the molecule is CCOC(=O)C1=C(C)NC(=S)N[C@@H]1c1c(OCc2ccccc2)ccc2ccccc12. The van der Waals surface area contributed by atoms with Crippen molar-refractivity contribution in [3.05, 3.63) is 89.1 Å². The van der Waals surface area contributed by atoms with Gasteiger partial charge in [-0.05, 0) is 48.5 Å². The number of carbonyl (C=O) groups excluding carboxylic acids is 1. The van der Waals surface area contributed by atoms with Gasteiger partial charge in [0.15, 0.2) is 5.11 Å². The highest BCUT2D eigenvalue weighted by Crippen LogP contribution is 2.39. The van der Waals surface area contributed by atoms with Crippen molar-refractivity contribution in [3.63, 3.8) is 0 Å². The van der Waals surface area contributed by atoms with Crippen molar-refractivity contribution >= 4 is 34.1 Å². The minimum Gasteiger partial charge on any atom is -0.489 e. The molecule has 6 heteroatoms. The predicted octanol–water partition coefficient (Wildman–Crippen LogP) is 4.77. The Morgan fingerprint density at radius 3 is 2.55 bits per heavy atom. The number of carbonyl (C=O) groups is 1. The maximum absolute atomic E-state index is 12.9. The van der Waals surface area contributed by atoms with E-state index in [0.717, 1.165) is 21.9 Å². The van der Waals surface area contributed by atoms with Crippen LogP contribution in [0, 0.1) is 0 Å². The minimum absolute atomic E-state index is 0.291. The summed E-state index contributed by atoms with van der Waals surface area (Å²) in [4.78, 5) is 12.9. The highest BCUT2D eigenvalue weighted by molar-refractivity contribution is 7.80. The quantitative estimate of drug-likeness (QED) is 0.432. The maximum Gasteiger partial charge on any atom is 0.338 e. The predicted molar refractivity (Wildman–Crippen MR) is 126 cm³/mol. The van der Waals surface area contributed by atoms with Crippen LogP contribution in [0.25, 0.3) is 10.8 Å². The van der Waals surface area contributed by atoms with Crippen LogP contribution in [0.5, 0.6) is 5.75 Å². The van der Waals surface area contributed by atoms with Crippen molar-refractivity contribution in [3.8, 4) is 5.75 Å². The van der Waals surface area contributed by atoms with Crippen molar-refractivity contribution in [1.82, 2.24) is 10.6 Å². The molecule has 0 saturated carbocycles. The molecule has 2 N–H and O–H groups in total. The smallest absolute Gasteiger partial charge is 0.338 e. The van der Waals surface area contributed by atoms with Crippen LogP contribution >= 0.6 is 12.2 Å². The van der Waals surface area contributed by atoms with Crippen LogP contribution in [0.2, 0.25) is 0 Å². The minimum atomic E-state index is -0.496. The number of hydrogen-bond donors (Lipinski definition) is 2. The van der Waals surface area contributed by atoms with Gasteiger partial charge in [0.2, 0.25) is 0 Å². The first kappa shape index (κ1) is 20.9. The van der Waals surface area contributed by atoms with Crippen LogP contribution in [0.1, 0.15) is 31.0 Å². The van der Waals surface area contributed by atoms with E-state index in [2.05, 4.69) is 10.6 Å². The molecule has 1 aliphatic rings. The van der Waals surface area contributed by atoms with Gasteiger partial charge in [0, 0.05) is 11.3 Å². The average molecular weight is 433 g/mol. The Hall–Kier alpha value is -3.38.